The molecule has 3 aromatic rings. The van der Waals surface area contributed by atoms with Crippen molar-refractivity contribution in [3.05, 3.63) is 59.2 Å². The molecule has 0 unspecified atom stereocenters. The number of benzene rings is 2. The molecule has 3 rings (SSSR count). The minimum absolute atomic E-state index is 0.133. The molecule has 0 spiro atoms. The standard InChI is InChI=1S/C22H27N3OS/c1-16-14-17(2)21-19(15-16)27-22(23-21)25(13-12-24(3)4)20(26)11-10-18-8-6-5-7-9-18/h5-9,14-15H,10-13H2,1-4H3. The maximum absolute atomic E-state index is 13.0. The van der Waals surface area contributed by atoms with E-state index in [1.165, 1.54) is 11.1 Å². The summed E-state index contributed by atoms with van der Waals surface area (Å²) in [6.07, 6.45) is 1.24. The second kappa shape index (κ2) is 8.63. The molecule has 1 amide bonds. The highest BCUT2D eigenvalue weighted by Crippen LogP contribution is 2.32. The summed E-state index contributed by atoms with van der Waals surface area (Å²) < 4.78 is 1.15. The van der Waals surface area contributed by atoms with Gasteiger partial charge in [0.15, 0.2) is 5.13 Å². The van der Waals surface area contributed by atoms with Gasteiger partial charge in [-0.15, -0.1) is 0 Å². The molecule has 1 heterocycles. The molecule has 0 atom stereocenters. The van der Waals surface area contributed by atoms with Gasteiger partial charge in [0.05, 0.1) is 10.2 Å². The van der Waals surface area contributed by atoms with Crippen LogP contribution in [0.25, 0.3) is 10.2 Å². The van der Waals surface area contributed by atoms with Gasteiger partial charge in [0.2, 0.25) is 5.91 Å². The highest BCUT2D eigenvalue weighted by Gasteiger charge is 2.20. The summed E-state index contributed by atoms with van der Waals surface area (Å²) >= 11 is 1.61. The van der Waals surface area contributed by atoms with Gasteiger partial charge < -0.3 is 4.90 Å². The van der Waals surface area contributed by atoms with Crippen molar-refractivity contribution in [2.24, 2.45) is 0 Å². The number of aryl methyl sites for hydroxylation is 3. The number of thiazole rings is 1. The Morgan fingerprint density at radius 1 is 1.07 bits per heavy atom. The van der Waals surface area contributed by atoms with E-state index < -0.39 is 0 Å². The van der Waals surface area contributed by atoms with Crippen molar-refractivity contribution in [1.29, 1.82) is 0 Å². The quantitative estimate of drug-likeness (QED) is 0.607. The van der Waals surface area contributed by atoms with Crippen molar-refractivity contribution in [2.45, 2.75) is 26.7 Å². The van der Waals surface area contributed by atoms with E-state index in [9.17, 15) is 4.79 Å². The predicted octanol–water partition coefficient (Wildman–Crippen LogP) is 4.44. The lowest BCUT2D eigenvalue weighted by Gasteiger charge is -2.22. The largest absolute Gasteiger partial charge is 0.308 e. The third-order valence-corrected chi connectivity index (χ3v) is 5.62. The summed E-state index contributed by atoms with van der Waals surface area (Å²) in [6, 6.07) is 14.5. The van der Waals surface area contributed by atoms with Crippen LogP contribution < -0.4 is 4.90 Å². The predicted molar refractivity (Wildman–Crippen MR) is 115 cm³/mol. The van der Waals surface area contributed by atoms with Crippen molar-refractivity contribution in [3.63, 3.8) is 0 Å². The Labute approximate surface area is 165 Å². The molecule has 142 valence electrons. The average molecular weight is 382 g/mol. The minimum Gasteiger partial charge on any atom is -0.308 e. The van der Waals surface area contributed by atoms with Crippen molar-refractivity contribution in [3.8, 4) is 0 Å². The van der Waals surface area contributed by atoms with Crippen LogP contribution in [0.2, 0.25) is 0 Å². The van der Waals surface area contributed by atoms with E-state index in [0.717, 1.165) is 33.9 Å². The first-order chi connectivity index (χ1) is 12.9. The maximum atomic E-state index is 13.0. The summed E-state index contributed by atoms with van der Waals surface area (Å²) in [4.78, 5) is 21.8. The van der Waals surface area contributed by atoms with Gasteiger partial charge >= 0.3 is 0 Å². The van der Waals surface area contributed by atoms with Crippen LogP contribution >= 0.6 is 11.3 Å². The van der Waals surface area contributed by atoms with Crippen LogP contribution in [0.4, 0.5) is 5.13 Å². The fraction of sp³-hybridized carbons (Fsp3) is 0.364. The van der Waals surface area contributed by atoms with Crippen LogP contribution in [0.1, 0.15) is 23.1 Å². The van der Waals surface area contributed by atoms with Gasteiger partial charge in [-0.1, -0.05) is 47.7 Å². The van der Waals surface area contributed by atoms with Crippen LogP contribution in [0.15, 0.2) is 42.5 Å². The number of anilines is 1. The zero-order chi connectivity index (χ0) is 19.4. The van der Waals surface area contributed by atoms with Gasteiger partial charge in [-0.2, -0.15) is 0 Å². The van der Waals surface area contributed by atoms with Gasteiger partial charge in [-0.3, -0.25) is 9.69 Å². The molecule has 0 aliphatic carbocycles. The molecular formula is C22H27N3OS. The van der Waals surface area contributed by atoms with Crippen LogP contribution in [-0.2, 0) is 11.2 Å². The lowest BCUT2D eigenvalue weighted by Crippen LogP contribution is -2.36. The number of fused-ring (bicyclic) bond motifs is 1. The van der Waals surface area contributed by atoms with Gasteiger partial charge in [0.25, 0.3) is 0 Å². The lowest BCUT2D eigenvalue weighted by atomic mass is 10.1. The molecule has 0 radical (unpaired) electrons. The number of carbonyl (C=O) groups is 1. The Kier molecular flexibility index (Phi) is 6.24. The Morgan fingerprint density at radius 2 is 1.81 bits per heavy atom. The van der Waals surface area contributed by atoms with Gasteiger partial charge in [-0.05, 0) is 57.1 Å². The van der Waals surface area contributed by atoms with Gasteiger partial charge in [0, 0.05) is 19.5 Å². The van der Waals surface area contributed by atoms with E-state index in [2.05, 4.69) is 43.0 Å². The van der Waals surface area contributed by atoms with Gasteiger partial charge in [-0.25, -0.2) is 4.98 Å². The second-order valence-electron chi connectivity index (χ2n) is 7.26. The Hall–Kier alpha value is -2.24. The molecule has 5 heteroatoms. The smallest absolute Gasteiger partial charge is 0.229 e. The molecule has 27 heavy (non-hydrogen) atoms. The summed E-state index contributed by atoms with van der Waals surface area (Å²) in [5, 5.41) is 0.804. The third kappa shape index (κ3) is 4.93. The highest BCUT2D eigenvalue weighted by molar-refractivity contribution is 7.22. The van der Waals surface area contributed by atoms with E-state index in [-0.39, 0.29) is 5.91 Å². The molecule has 0 saturated heterocycles. The third-order valence-electron chi connectivity index (χ3n) is 4.59. The topological polar surface area (TPSA) is 36.4 Å². The summed E-state index contributed by atoms with van der Waals surface area (Å²) in [6.45, 7) is 5.64. The summed E-state index contributed by atoms with van der Waals surface area (Å²) in [5.41, 5.74) is 4.59. The second-order valence-corrected chi connectivity index (χ2v) is 8.27. The molecular weight excluding hydrogens is 354 g/mol. The van der Waals surface area contributed by atoms with Crippen LogP contribution in [-0.4, -0.2) is 43.0 Å². The molecule has 1 aromatic heterocycles. The molecule has 0 aliphatic heterocycles. The molecule has 0 saturated carbocycles. The Morgan fingerprint density at radius 3 is 2.52 bits per heavy atom. The molecule has 0 fully saturated rings. The number of carbonyl (C=O) groups excluding carboxylic acids is 1. The van der Waals surface area contributed by atoms with E-state index >= 15 is 0 Å². The normalized spacial score (nSPS) is 11.3. The SMILES string of the molecule is Cc1cc(C)c2nc(N(CCN(C)C)C(=O)CCc3ccccc3)sc2c1. The number of hydrogen-bond acceptors (Lipinski definition) is 4. The first kappa shape index (κ1) is 19.5. The molecule has 0 N–H and O–H groups in total. The molecule has 4 nitrogen and oxygen atoms in total. The van der Waals surface area contributed by atoms with E-state index in [1.54, 1.807) is 11.3 Å². The number of rotatable bonds is 7. The first-order valence-corrected chi connectivity index (χ1v) is 10.1. The van der Waals surface area contributed by atoms with E-state index in [0.29, 0.717) is 13.0 Å². The van der Waals surface area contributed by atoms with Crippen molar-refractivity contribution in [2.75, 3.05) is 32.1 Å². The average Bonchev–Trinajstić information content (AvgIpc) is 3.04. The van der Waals surface area contributed by atoms with Gasteiger partial charge in [0.1, 0.15) is 0 Å². The molecule has 2 aromatic carbocycles. The Bertz CT molecular complexity index is 918. The molecule has 0 bridgehead atoms. The fourth-order valence-corrected chi connectivity index (χ4v) is 4.32. The minimum atomic E-state index is 0.133. The van der Waals surface area contributed by atoms with Crippen molar-refractivity contribution >= 4 is 32.6 Å². The number of likely N-dealkylation sites (N-methyl/N-ethyl adjacent to an activating group) is 1. The maximum Gasteiger partial charge on any atom is 0.229 e. The number of hydrogen-bond donors (Lipinski definition) is 0. The summed E-state index contributed by atoms with van der Waals surface area (Å²) in [5.74, 6) is 0.133. The fourth-order valence-electron chi connectivity index (χ4n) is 3.13. The zero-order valence-corrected chi connectivity index (χ0v) is 17.3. The van der Waals surface area contributed by atoms with Crippen LogP contribution in [0.5, 0.6) is 0 Å². The van der Waals surface area contributed by atoms with Crippen molar-refractivity contribution < 1.29 is 4.79 Å². The van der Waals surface area contributed by atoms with Crippen LogP contribution in [0, 0.1) is 13.8 Å². The monoisotopic (exact) mass is 381 g/mol. The Balaban J connectivity index is 1.84. The number of amides is 1. The lowest BCUT2D eigenvalue weighted by molar-refractivity contribution is -0.118. The van der Waals surface area contributed by atoms with Crippen molar-refractivity contribution in [1.82, 2.24) is 9.88 Å². The first-order valence-electron chi connectivity index (χ1n) is 9.31. The molecule has 0 aliphatic rings. The summed E-state index contributed by atoms with van der Waals surface area (Å²) in [7, 11) is 4.05. The zero-order valence-electron chi connectivity index (χ0n) is 16.5. The van der Waals surface area contributed by atoms with E-state index in [1.807, 2.05) is 37.2 Å². The highest BCUT2D eigenvalue weighted by atomic mass is 32.1. The van der Waals surface area contributed by atoms with Crippen LogP contribution in [0.3, 0.4) is 0 Å². The van der Waals surface area contributed by atoms with E-state index in [4.69, 9.17) is 4.98 Å². The number of nitrogens with zero attached hydrogens (tertiary/aromatic N) is 3. The number of aromatic nitrogens is 1.